The lowest BCUT2D eigenvalue weighted by molar-refractivity contribution is -0.0501. The fraction of sp³-hybridized carbons (Fsp3) is 0.333. The predicted octanol–water partition coefficient (Wildman–Crippen LogP) is 2.82. The van der Waals surface area contributed by atoms with Gasteiger partial charge in [0.25, 0.3) is 5.91 Å². The Kier molecular flexibility index (Phi) is 4.75. The molecule has 1 aromatic carbocycles. The van der Waals surface area contributed by atoms with Crippen molar-refractivity contribution >= 4 is 5.91 Å². The lowest BCUT2D eigenvalue weighted by Gasteiger charge is -2.15. The van der Waals surface area contributed by atoms with E-state index >= 15 is 0 Å². The van der Waals surface area contributed by atoms with Crippen LogP contribution in [0.15, 0.2) is 30.5 Å². The van der Waals surface area contributed by atoms with Crippen LogP contribution in [0, 0.1) is 6.92 Å². The largest absolute Gasteiger partial charge is 0.434 e. The van der Waals surface area contributed by atoms with Crippen molar-refractivity contribution in [2.24, 2.45) is 7.05 Å². The van der Waals surface area contributed by atoms with Gasteiger partial charge in [-0.05, 0) is 26.0 Å². The number of aryl methyl sites for hydroxylation is 2. The molecule has 7 heteroatoms. The van der Waals surface area contributed by atoms with Crippen LogP contribution in [0.2, 0.25) is 0 Å². The topological polar surface area (TPSA) is 56.2 Å². The van der Waals surface area contributed by atoms with Crippen LogP contribution in [-0.2, 0) is 7.05 Å². The third-order valence-electron chi connectivity index (χ3n) is 3.21. The second-order valence-electron chi connectivity index (χ2n) is 4.91. The van der Waals surface area contributed by atoms with Crippen molar-refractivity contribution in [1.82, 2.24) is 15.1 Å². The Bertz CT molecular complexity index is 671. The number of nitrogens with zero attached hydrogens (tertiary/aromatic N) is 2. The van der Waals surface area contributed by atoms with E-state index in [1.54, 1.807) is 24.7 Å². The first-order valence-corrected chi connectivity index (χ1v) is 6.73. The van der Waals surface area contributed by atoms with Gasteiger partial charge in [0.1, 0.15) is 5.75 Å². The average Bonchev–Trinajstić information content (AvgIpc) is 2.77. The van der Waals surface area contributed by atoms with Crippen LogP contribution in [0.25, 0.3) is 0 Å². The van der Waals surface area contributed by atoms with E-state index in [0.29, 0.717) is 0 Å². The van der Waals surface area contributed by atoms with Crippen LogP contribution < -0.4 is 10.1 Å². The molecule has 1 N–H and O–H groups in total. The fourth-order valence-corrected chi connectivity index (χ4v) is 2.25. The fourth-order valence-electron chi connectivity index (χ4n) is 2.25. The summed E-state index contributed by atoms with van der Waals surface area (Å²) in [6, 6.07) is 5.59. The summed E-state index contributed by atoms with van der Waals surface area (Å²) in [4.78, 5) is 12.3. The molecule has 118 valence electrons. The summed E-state index contributed by atoms with van der Waals surface area (Å²) >= 11 is 0. The van der Waals surface area contributed by atoms with E-state index in [0.717, 1.165) is 11.3 Å². The van der Waals surface area contributed by atoms with E-state index in [-0.39, 0.29) is 17.4 Å². The molecule has 0 saturated carbocycles. The maximum atomic E-state index is 12.4. The Morgan fingerprint density at radius 2 is 2.05 bits per heavy atom. The van der Waals surface area contributed by atoms with Gasteiger partial charge in [-0.2, -0.15) is 13.9 Å². The number of ether oxygens (including phenoxy) is 1. The highest BCUT2D eigenvalue weighted by Gasteiger charge is 2.19. The van der Waals surface area contributed by atoms with Crippen molar-refractivity contribution in [2.75, 3.05) is 0 Å². The molecular formula is C15H17F2N3O2. The van der Waals surface area contributed by atoms with Gasteiger partial charge >= 0.3 is 6.61 Å². The molecule has 0 spiro atoms. The Balaban J connectivity index is 2.17. The number of halogens is 2. The Morgan fingerprint density at radius 3 is 2.64 bits per heavy atom. The van der Waals surface area contributed by atoms with Gasteiger partial charge in [-0.25, -0.2) is 0 Å². The third-order valence-corrected chi connectivity index (χ3v) is 3.21. The van der Waals surface area contributed by atoms with Gasteiger partial charge in [-0.3, -0.25) is 9.48 Å². The minimum absolute atomic E-state index is 0.0659. The van der Waals surface area contributed by atoms with Gasteiger partial charge in [0.15, 0.2) is 0 Å². The SMILES string of the molecule is Cc1nn(C)cc1C(C)NC(=O)c1ccccc1OC(F)F. The monoisotopic (exact) mass is 309 g/mol. The number of carbonyl (C=O) groups excluding carboxylic acids is 1. The first kappa shape index (κ1) is 15.9. The van der Waals surface area contributed by atoms with Crippen LogP contribution in [0.1, 0.15) is 34.6 Å². The number of hydrogen-bond donors (Lipinski definition) is 1. The number of nitrogens with one attached hydrogen (secondary N) is 1. The van der Waals surface area contributed by atoms with Crippen molar-refractivity contribution in [1.29, 1.82) is 0 Å². The summed E-state index contributed by atoms with van der Waals surface area (Å²) in [6.07, 6.45) is 1.81. The van der Waals surface area contributed by atoms with Gasteiger partial charge in [0.2, 0.25) is 0 Å². The highest BCUT2D eigenvalue weighted by Crippen LogP contribution is 2.22. The third kappa shape index (κ3) is 3.60. The smallest absolute Gasteiger partial charge is 0.387 e. The van der Waals surface area contributed by atoms with Gasteiger partial charge < -0.3 is 10.1 Å². The van der Waals surface area contributed by atoms with E-state index < -0.39 is 12.5 Å². The number of amides is 1. The molecule has 0 saturated heterocycles. The molecule has 1 unspecified atom stereocenters. The number of hydrogen-bond acceptors (Lipinski definition) is 3. The number of benzene rings is 1. The van der Waals surface area contributed by atoms with Gasteiger partial charge in [0.05, 0.1) is 17.3 Å². The van der Waals surface area contributed by atoms with Gasteiger partial charge in [-0.1, -0.05) is 12.1 Å². The Morgan fingerprint density at radius 1 is 1.36 bits per heavy atom. The van der Waals surface area contributed by atoms with Crippen LogP contribution >= 0.6 is 0 Å². The van der Waals surface area contributed by atoms with E-state index in [4.69, 9.17) is 0 Å². The van der Waals surface area contributed by atoms with Crippen molar-refractivity contribution in [2.45, 2.75) is 26.5 Å². The molecule has 2 rings (SSSR count). The zero-order valence-corrected chi connectivity index (χ0v) is 12.5. The standard InChI is InChI=1S/C15H17F2N3O2/c1-9(12-8-20(3)19-10(12)2)18-14(21)11-6-4-5-7-13(11)22-15(16)17/h4-9,15H,1-3H3,(H,18,21). The Labute approximate surface area is 126 Å². The van der Waals surface area contributed by atoms with Gasteiger partial charge in [-0.15, -0.1) is 0 Å². The molecule has 2 aromatic rings. The maximum Gasteiger partial charge on any atom is 0.387 e. The quantitative estimate of drug-likeness (QED) is 0.924. The zero-order chi connectivity index (χ0) is 16.3. The summed E-state index contributed by atoms with van der Waals surface area (Å²) in [5.74, 6) is -0.628. The van der Waals surface area contributed by atoms with E-state index in [1.807, 2.05) is 13.1 Å². The molecule has 22 heavy (non-hydrogen) atoms. The second kappa shape index (κ2) is 6.55. The molecule has 0 fully saturated rings. The predicted molar refractivity (Wildman–Crippen MR) is 76.9 cm³/mol. The van der Waals surface area contributed by atoms with Crippen LogP contribution in [0.4, 0.5) is 8.78 Å². The molecule has 1 atom stereocenters. The average molecular weight is 309 g/mol. The molecule has 1 aromatic heterocycles. The van der Waals surface area contributed by atoms with Crippen LogP contribution in [0.3, 0.4) is 0 Å². The first-order chi connectivity index (χ1) is 10.4. The summed E-state index contributed by atoms with van der Waals surface area (Å²) in [5.41, 5.74) is 1.73. The molecule has 0 aliphatic heterocycles. The Hall–Kier alpha value is -2.44. The van der Waals surface area contributed by atoms with Crippen molar-refractivity contribution in [3.05, 3.63) is 47.3 Å². The molecule has 0 bridgehead atoms. The first-order valence-electron chi connectivity index (χ1n) is 6.73. The van der Waals surface area contributed by atoms with Crippen LogP contribution in [-0.4, -0.2) is 22.3 Å². The molecule has 5 nitrogen and oxygen atoms in total. The lowest BCUT2D eigenvalue weighted by atomic mass is 10.1. The van der Waals surface area contributed by atoms with E-state index in [2.05, 4.69) is 15.2 Å². The molecule has 0 aliphatic rings. The molecule has 0 radical (unpaired) electrons. The zero-order valence-electron chi connectivity index (χ0n) is 12.5. The minimum atomic E-state index is -2.98. The molecule has 1 amide bonds. The van der Waals surface area contributed by atoms with Crippen LogP contribution in [0.5, 0.6) is 5.75 Å². The van der Waals surface area contributed by atoms with Gasteiger partial charge in [0, 0.05) is 18.8 Å². The summed E-state index contributed by atoms with van der Waals surface area (Å²) in [7, 11) is 1.79. The minimum Gasteiger partial charge on any atom is -0.434 e. The highest BCUT2D eigenvalue weighted by molar-refractivity contribution is 5.97. The number of alkyl halides is 2. The normalized spacial score (nSPS) is 12.3. The number of rotatable bonds is 5. The summed E-state index contributed by atoms with van der Waals surface area (Å²) in [6.45, 7) is 0.664. The number of para-hydroxylation sites is 1. The van der Waals surface area contributed by atoms with E-state index in [9.17, 15) is 13.6 Å². The maximum absolute atomic E-state index is 12.4. The number of aromatic nitrogens is 2. The summed E-state index contributed by atoms with van der Waals surface area (Å²) < 4.78 is 30.8. The van der Waals surface area contributed by atoms with E-state index in [1.165, 1.54) is 18.2 Å². The van der Waals surface area contributed by atoms with Crippen molar-refractivity contribution < 1.29 is 18.3 Å². The van der Waals surface area contributed by atoms with Crippen molar-refractivity contribution in [3.8, 4) is 5.75 Å². The molecular weight excluding hydrogens is 292 g/mol. The molecule has 0 aliphatic carbocycles. The molecule has 1 heterocycles. The second-order valence-corrected chi connectivity index (χ2v) is 4.91. The van der Waals surface area contributed by atoms with Crippen molar-refractivity contribution in [3.63, 3.8) is 0 Å². The number of carbonyl (C=O) groups is 1. The lowest BCUT2D eigenvalue weighted by Crippen LogP contribution is -2.27. The summed E-state index contributed by atoms with van der Waals surface area (Å²) in [5, 5.41) is 6.97. The highest BCUT2D eigenvalue weighted by atomic mass is 19.3.